The predicted octanol–water partition coefficient (Wildman–Crippen LogP) is 2.56. The second-order valence-electron chi connectivity index (χ2n) is 4.50. The van der Waals surface area contributed by atoms with Crippen LogP contribution in [0.25, 0.3) is 0 Å². The smallest absolute Gasteiger partial charge is 0.311 e. The Morgan fingerprint density at radius 2 is 2.30 bits per heavy atom. The van der Waals surface area contributed by atoms with Crippen molar-refractivity contribution in [2.45, 2.75) is 18.8 Å². The first-order valence-electron chi connectivity index (χ1n) is 6.21. The number of ether oxygens (including phenoxy) is 1. The Hall–Kier alpha value is -2.21. The summed E-state index contributed by atoms with van der Waals surface area (Å²) < 4.78 is 5.17. The van der Waals surface area contributed by atoms with Gasteiger partial charge in [-0.1, -0.05) is 18.2 Å². The highest BCUT2D eigenvalue weighted by molar-refractivity contribution is 7.13. The number of rotatable bonds is 3. The molecule has 0 saturated heterocycles. The predicted molar refractivity (Wildman–Crippen MR) is 74.8 cm³/mol. The Morgan fingerprint density at radius 3 is 3.10 bits per heavy atom. The van der Waals surface area contributed by atoms with Crippen molar-refractivity contribution in [3.8, 4) is 5.75 Å². The van der Waals surface area contributed by atoms with E-state index in [2.05, 4.69) is 10.3 Å². The number of carbonyl (C=O) groups is 2. The van der Waals surface area contributed by atoms with Crippen LogP contribution in [0.2, 0.25) is 0 Å². The molecule has 5 nitrogen and oxygen atoms in total. The third kappa shape index (κ3) is 2.70. The van der Waals surface area contributed by atoms with Gasteiger partial charge in [-0.15, -0.1) is 11.3 Å². The molecule has 0 aliphatic carbocycles. The zero-order chi connectivity index (χ0) is 13.9. The summed E-state index contributed by atoms with van der Waals surface area (Å²) in [6.07, 6.45) is 2.10. The van der Waals surface area contributed by atoms with E-state index in [1.165, 1.54) is 11.3 Å². The van der Waals surface area contributed by atoms with Crippen molar-refractivity contribution < 1.29 is 14.3 Å². The van der Waals surface area contributed by atoms with Crippen LogP contribution >= 0.6 is 11.3 Å². The van der Waals surface area contributed by atoms with Crippen LogP contribution < -0.4 is 10.1 Å². The lowest BCUT2D eigenvalue weighted by Crippen LogP contribution is -2.24. The average molecular weight is 288 g/mol. The van der Waals surface area contributed by atoms with Gasteiger partial charge in [-0.2, -0.15) is 0 Å². The topological polar surface area (TPSA) is 68.3 Å². The fraction of sp³-hybridized carbons (Fsp3) is 0.214. The number of amides is 1. The molecule has 0 fully saturated rings. The molecule has 20 heavy (non-hydrogen) atoms. The molecule has 1 aromatic carbocycles. The summed E-state index contributed by atoms with van der Waals surface area (Å²) in [5.41, 5.74) is 0.904. The second-order valence-corrected chi connectivity index (χ2v) is 5.40. The number of fused-ring (bicyclic) bond motifs is 1. The van der Waals surface area contributed by atoms with Crippen LogP contribution in [-0.2, 0) is 9.59 Å². The van der Waals surface area contributed by atoms with Gasteiger partial charge in [-0.25, -0.2) is 4.98 Å². The minimum Gasteiger partial charge on any atom is -0.426 e. The maximum atomic E-state index is 12.0. The number of hydrogen-bond acceptors (Lipinski definition) is 5. The molecule has 1 atom stereocenters. The van der Waals surface area contributed by atoms with E-state index in [0.717, 1.165) is 5.56 Å². The van der Waals surface area contributed by atoms with Crippen LogP contribution in [0.1, 0.15) is 24.3 Å². The molecule has 0 radical (unpaired) electrons. The highest BCUT2D eigenvalue weighted by Gasteiger charge is 2.28. The maximum Gasteiger partial charge on any atom is 0.311 e. The zero-order valence-corrected chi connectivity index (χ0v) is 11.4. The monoisotopic (exact) mass is 288 g/mol. The molecule has 3 rings (SSSR count). The molecule has 1 aliphatic rings. The van der Waals surface area contributed by atoms with Crippen molar-refractivity contribution in [2.24, 2.45) is 0 Å². The maximum absolute atomic E-state index is 12.0. The van der Waals surface area contributed by atoms with Gasteiger partial charge in [0.2, 0.25) is 5.91 Å². The molecule has 1 aromatic heterocycles. The Morgan fingerprint density at radius 1 is 1.45 bits per heavy atom. The van der Waals surface area contributed by atoms with Gasteiger partial charge < -0.3 is 10.1 Å². The fourth-order valence-corrected chi connectivity index (χ4v) is 2.79. The molecule has 2 heterocycles. The van der Waals surface area contributed by atoms with Crippen LogP contribution in [0.3, 0.4) is 0 Å². The number of esters is 1. The number of thiazole rings is 1. The molecule has 0 unspecified atom stereocenters. The third-order valence-electron chi connectivity index (χ3n) is 3.11. The lowest BCUT2D eigenvalue weighted by atomic mass is 9.90. The Balaban J connectivity index is 1.74. The number of hydrogen-bond donors (Lipinski definition) is 1. The van der Waals surface area contributed by atoms with Crippen LogP contribution in [0.5, 0.6) is 5.75 Å². The number of benzene rings is 1. The van der Waals surface area contributed by atoms with Crippen molar-refractivity contribution in [3.05, 3.63) is 41.4 Å². The first-order valence-corrected chi connectivity index (χ1v) is 7.09. The second kappa shape index (κ2) is 5.42. The summed E-state index contributed by atoms with van der Waals surface area (Å²) >= 11 is 1.36. The number of carbonyl (C=O) groups excluding carboxylic acids is 2. The number of nitrogens with zero attached hydrogens (tertiary/aromatic N) is 1. The molecule has 6 heteroatoms. The summed E-state index contributed by atoms with van der Waals surface area (Å²) in [6, 6.07) is 7.33. The van der Waals surface area contributed by atoms with Crippen molar-refractivity contribution in [1.29, 1.82) is 0 Å². The fourth-order valence-electron chi connectivity index (χ4n) is 2.25. The van der Waals surface area contributed by atoms with E-state index in [1.54, 1.807) is 17.6 Å². The Bertz CT molecular complexity index is 640. The van der Waals surface area contributed by atoms with E-state index in [-0.39, 0.29) is 30.6 Å². The summed E-state index contributed by atoms with van der Waals surface area (Å²) in [6.45, 7) is 0. The van der Waals surface area contributed by atoms with Gasteiger partial charge in [0.25, 0.3) is 0 Å². The average Bonchev–Trinajstić information content (AvgIpc) is 2.91. The lowest BCUT2D eigenvalue weighted by molar-refractivity contribution is -0.136. The molecule has 0 spiro atoms. The number of anilines is 1. The van der Waals surface area contributed by atoms with Gasteiger partial charge in [-0.05, 0) is 11.6 Å². The Kier molecular flexibility index (Phi) is 3.47. The minimum atomic E-state index is -0.296. The van der Waals surface area contributed by atoms with E-state index in [1.807, 2.05) is 18.2 Å². The molecule has 1 amide bonds. The molecule has 102 valence electrons. The van der Waals surface area contributed by atoms with E-state index in [0.29, 0.717) is 10.9 Å². The van der Waals surface area contributed by atoms with Crippen molar-refractivity contribution in [3.63, 3.8) is 0 Å². The quantitative estimate of drug-likeness (QED) is 0.696. The normalized spacial score (nSPS) is 17.2. The van der Waals surface area contributed by atoms with Crippen molar-refractivity contribution in [1.82, 2.24) is 4.98 Å². The largest absolute Gasteiger partial charge is 0.426 e. The molecule has 1 aliphatic heterocycles. The summed E-state index contributed by atoms with van der Waals surface area (Å²) in [7, 11) is 0. The van der Waals surface area contributed by atoms with E-state index in [4.69, 9.17) is 4.74 Å². The number of para-hydroxylation sites is 1. The molecular formula is C14H12N2O3S. The first-order chi connectivity index (χ1) is 9.72. The summed E-state index contributed by atoms with van der Waals surface area (Å²) in [5.74, 6) is -0.0339. The number of nitrogens with one attached hydrogen (secondary N) is 1. The first kappa shape index (κ1) is 12.8. The van der Waals surface area contributed by atoms with E-state index in [9.17, 15) is 9.59 Å². The highest BCUT2D eigenvalue weighted by atomic mass is 32.1. The van der Waals surface area contributed by atoms with E-state index >= 15 is 0 Å². The Labute approximate surface area is 119 Å². The number of aromatic nitrogens is 1. The van der Waals surface area contributed by atoms with Gasteiger partial charge in [0.1, 0.15) is 5.75 Å². The van der Waals surface area contributed by atoms with Crippen LogP contribution in [0.4, 0.5) is 5.13 Å². The van der Waals surface area contributed by atoms with Crippen molar-refractivity contribution >= 4 is 28.3 Å². The van der Waals surface area contributed by atoms with Crippen molar-refractivity contribution in [2.75, 3.05) is 5.32 Å². The van der Waals surface area contributed by atoms with Gasteiger partial charge in [0, 0.05) is 23.9 Å². The molecule has 0 saturated carbocycles. The molecule has 0 bridgehead atoms. The SMILES string of the molecule is O=C(C[C@@H]1CC(=O)Oc2ccccc21)Nc1nccs1. The highest BCUT2D eigenvalue weighted by Crippen LogP contribution is 2.36. The standard InChI is InChI=1S/C14H12N2O3S/c17-12(16-14-15-5-6-20-14)7-9-8-13(18)19-11-4-2-1-3-10(9)11/h1-6,9H,7-8H2,(H,15,16,17)/t9-/m1/s1. The third-order valence-corrected chi connectivity index (χ3v) is 3.79. The zero-order valence-electron chi connectivity index (χ0n) is 10.5. The van der Waals surface area contributed by atoms with Crippen LogP contribution in [0, 0.1) is 0 Å². The van der Waals surface area contributed by atoms with Gasteiger partial charge in [0.15, 0.2) is 5.13 Å². The van der Waals surface area contributed by atoms with Gasteiger partial charge in [-0.3, -0.25) is 9.59 Å². The van der Waals surface area contributed by atoms with Crippen LogP contribution in [0.15, 0.2) is 35.8 Å². The lowest BCUT2D eigenvalue weighted by Gasteiger charge is -2.23. The molecule has 2 aromatic rings. The molecular weight excluding hydrogens is 276 g/mol. The summed E-state index contributed by atoms with van der Waals surface area (Å²) in [5, 5.41) is 5.10. The van der Waals surface area contributed by atoms with Gasteiger partial charge >= 0.3 is 5.97 Å². The van der Waals surface area contributed by atoms with E-state index < -0.39 is 0 Å². The minimum absolute atomic E-state index is 0.144. The van der Waals surface area contributed by atoms with Crippen LogP contribution in [-0.4, -0.2) is 16.9 Å². The van der Waals surface area contributed by atoms with Gasteiger partial charge in [0.05, 0.1) is 6.42 Å². The summed E-state index contributed by atoms with van der Waals surface area (Å²) in [4.78, 5) is 27.6. The molecule has 1 N–H and O–H groups in total.